The normalized spacial score (nSPS) is 12.0. The largest absolute Gasteiger partial charge is 0.354 e. The molecular weight excluding hydrogens is 606 g/mol. The molecule has 0 aliphatic heterocycles. The van der Waals surface area contributed by atoms with Gasteiger partial charge in [-0.25, -0.2) is 8.42 Å². The van der Waals surface area contributed by atoms with Gasteiger partial charge in [0.15, 0.2) is 0 Å². The van der Waals surface area contributed by atoms with Gasteiger partial charge in [0.25, 0.3) is 10.0 Å². The molecule has 7 nitrogen and oxygen atoms in total. The van der Waals surface area contributed by atoms with E-state index in [2.05, 4.69) is 5.32 Å². The second-order valence-electron chi connectivity index (χ2n) is 11.6. The molecule has 1 N–H and O–H groups in total. The van der Waals surface area contributed by atoms with Gasteiger partial charge in [0.05, 0.1) is 10.6 Å². The summed E-state index contributed by atoms with van der Waals surface area (Å²) in [5, 5.41) is 3.38. The fraction of sp³-hybridized carbons (Fsp3) is 0.278. The fourth-order valence-electron chi connectivity index (χ4n) is 4.97. The van der Waals surface area contributed by atoms with E-state index in [4.69, 9.17) is 11.6 Å². The Kier molecular flexibility index (Phi) is 11.4. The van der Waals surface area contributed by atoms with Crippen molar-refractivity contribution in [2.45, 2.75) is 51.6 Å². The molecule has 0 aromatic heterocycles. The lowest BCUT2D eigenvalue weighted by Crippen LogP contribution is -2.53. The molecule has 0 saturated heterocycles. The number of benzene rings is 4. The Labute approximate surface area is 271 Å². The first-order valence-corrected chi connectivity index (χ1v) is 16.8. The predicted octanol–water partition coefficient (Wildman–Crippen LogP) is 6.56. The lowest BCUT2D eigenvalue weighted by molar-refractivity contribution is -0.140. The maximum absolute atomic E-state index is 14.5. The van der Waals surface area contributed by atoms with E-state index in [9.17, 15) is 18.0 Å². The molecule has 0 spiro atoms. The van der Waals surface area contributed by atoms with Gasteiger partial charge in [0.2, 0.25) is 11.8 Å². The van der Waals surface area contributed by atoms with Gasteiger partial charge in [0, 0.05) is 24.5 Å². The first kappa shape index (κ1) is 33.7. The van der Waals surface area contributed by atoms with Crippen LogP contribution in [0.3, 0.4) is 0 Å². The Bertz CT molecular complexity index is 1710. The highest BCUT2D eigenvalue weighted by Gasteiger charge is 2.34. The second-order valence-corrected chi connectivity index (χ2v) is 13.9. The highest BCUT2D eigenvalue weighted by Crippen LogP contribution is 2.29. The molecule has 0 fully saturated rings. The summed E-state index contributed by atoms with van der Waals surface area (Å²) in [5.74, 6) is -0.622. The zero-order valence-corrected chi connectivity index (χ0v) is 27.7. The van der Waals surface area contributed by atoms with E-state index >= 15 is 0 Å². The summed E-state index contributed by atoms with van der Waals surface area (Å²) in [7, 11) is -4.19. The molecule has 4 aromatic carbocycles. The predicted molar refractivity (Wildman–Crippen MR) is 181 cm³/mol. The van der Waals surface area contributed by atoms with Gasteiger partial charge >= 0.3 is 0 Å². The number of amides is 2. The van der Waals surface area contributed by atoms with E-state index in [1.54, 1.807) is 36.4 Å². The van der Waals surface area contributed by atoms with Gasteiger partial charge < -0.3 is 10.2 Å². The van der Waals surface area contributed by atoms with Crippen molar-refractivity contribution in [3.8, 4) is 0 Å². The van der Waals surface area contributed by atoms with Crippen molar-refractivity contribution in [2.75, 3.05) is 17.4 Å². The zero-order valence-electron chi connectivity index (χ0n) is 26.1. The third kappa shape index (κ3) is 8.96. The Hall–Kier alpha value is -4.14. The summed E-state index contributed by atoms with van der Waals surface area (Å²) in [6.45, 7) is 7.80. The van der Waals surface area contributed by atoms with Crippen molar-refractivity contribution in [3.63, 3.8) is 0 Å². The molecule has 236 valence electrons. The van der Waals surface area contributed by atoms with Gasteiger partial charge in [-0.2, -0.15) is 0 Å². The highest BCUT2D eigenvalue weighted by atomic mass is 35.5. The van der Waals surface area contributed by atoms with Crippen molar-refractivity contribution >= 4 is 39.1 Å². The number of rotatable bonds is 13. The van der Waals surface area contributed by atoms with E-state index in [-0.39, 0.29) is 35.4 Å². The molecule has 0 bridgehead atoms. The number of carbonyl (C=O) groups is 2. The molecule has 0 aliphatic rings. The highest BCUT2D eigenvalue weighted by molar-refractivity contribution is 7.92. The minimum absolute atomic E-state index is 0.0373. The van der Waals surface area contributed by atoms with Crippen molar-refractivity contribution in [1.29, 1.82) is 0 Å². The minimum Gasteiger partial charge on any atom is -0.354 e. The SMILES string of the molecule is Cc1cccc(CN(C(=O)CN(c2ccc(C)c(Cl)c2)S(=O)(=O)c2ccccc2)[C@@H](Cc2ccccc2)C(=O)NCC(C)C)c1. The van der Waals surface area contributed by atoms with Crippen molar-refractivity contribution in [2.24, 2.45) is 5.92 Å². The number of aryl methyl sites for hydroxylation is 2. The lowest BCUT2D eigenvalue weighted by Gasteiger charge is -2.34. The molecule has 0 saturated carbocycles. The van der Waals surface area contributed by atoms with Crippen LogP contribution in [0.1, 0.15) is 36.1 Å². The molecule has 0 heterocycles. The average Bonchev–Trinajstić information content (AvgIpc) is 3.02. The summed E-state index contributed by atoms with van der Waals surface area (Å²) in [5.41, 5.74) is 3.74. The smallest absolute Gasteiger partial charge is 0.264 e. The van der Waals surface area contributed by atoms with Crippen LogP contribution in [0.25, 0.3) is 0 Å². The monoisotopic (exact) mass is 645 g/mol. The van der Waals surface area contributed by atoms with Crippen LogP contribution >= 0.6 is 11.6 Å². The first-order chi connectivity index (χ1) is 21.5. The minimum atomic E-state index is -4.19. The number of anilines is 1. The molecule has 45 heavy (non-hydrogen) atoms. The number of hydrogen-bond acceptors (Lipinski definition) is 4. The summed E-state index contributed by atoms with van der Waals surface area (Å²) in [6, 6.07) is 29.2. The van der Waals surface area contributed by atoms with Crippen LogP contribution in [0.15, 0.2) is 108 Å². The second kappa shape index (κ2) is 15.2. The van der Waals surface area contributed by atoms with Crippen LogP contribution < -0.4 is 9.62 Å². The molecule has 0 unspecified atom stereocenters. The van der Waals surface area contributed by atoms with Crippen LogP contribution in [-0.2, 0) is 32.6 Å². The quantitative estimate of drug-likeness (QED) is 0.178. The van der Waals surface area contributed by atoms with Crippen LogP contribution in [0.2, 0.25) is 5.02 Å². The van der Waals surface area contributed by atoms with Crippen molar-refractivity contribution in [3.05, 3.63) is 130 Å². The molecule has 4 aromatic rings. The number of sulfonamides is 1. The fourth-order valence-corrected chi connectivity index (χ4v) is 6.57. The average molecular weight is 646 g/mol. The third-order valence-corrected chi connectivity index (χ3v) is 9.64. The number of nitrogens with zero attached hydrogens (tertiary/aromatic N) is 2. The van der Waals surface area contributed by atoms with E-state index in [0.717, 1.165) is 26.6 Å². The van der Waals surface area contributed by atoms with Crippen LogP contribution in [0.5, 0.6) is 0 Å². The maximum atomic E-state index is 14.5. The van der Waals surface area contributed by atoms with Gasteiger partial charge in [0.1, 0.15) is 12.6 Å². The maximum Gasteiger partial charge on any atom is 0.264 e. The van der Waals surface area contributed by atoms with Crippen molar-refractivity contribution in [1.82, 2.24) is 10.2 Å². The third-order valence-electron chi connectivity index (χ3n) is 7.44. The molecule has 0 radical (unpaired) electrons. The molecular formula is C36H40ClN3O4S. The number of hydrogen-bond donors (Lipinski definition) is 1. The molecule has 4 rings (SSSR count). The van der Waals surface area contributed by atoms with Crippen LogP contribution in [0, 0.1) is 19.8 Å². The van der Waals surface area contributed by atoms with E-state index in [1.165, 1.54) is 17.0 Å². The van der Waals surface area contributed by atoms with Crippen LogP contribution in [0.4, 0.5) is 5.69 Å². The number of nitrogens with one attached hydrogen (secondary N) is 1. The molecule has 9 heteroatoms. The Morgan fingerprint density at radius 3 is 2.09 bits per heavy atom. The number of halogens is 1. The van der Waals surface area contributed by atoms with E-state index in [0.29, 0.717) is 11.6 Å². The Morgan fingerprint density at radius 2 is 1.47 bits per heavy atom. The molecule has 2 amide bonds. The summed E-state index contributed by atoms with van der Waals surface area (Å²) in [4.78, 5) is 29.9. The van der Waals surface area contributed by atoms with Gasteiger partial charge in [-0.15, -0.1) is 0 Å². The Morgan fingerprint density at radius 1 is 0.822 bits per heavy atom. The molecule has 0 aliphatic carbocycles. The van der Waals surface area contributed by atoms with Gasteiger partial charge in [-0.05, 0) is 60.7 Å². The number of carbonyl (C=O) groups excluding carboxylic acids is 2. The van der Waals surface area contributed by atoms with Crippen LogP contribution in [-0.4, -0.2) is 44.3 Å². The van der Waals surface area contributed by atoms with E-state index < -0.39 is 28.5 Å². The summed E-state index contributed by atoms with van der Waals surface area (Å²) >= 11 is 6.45. The van der Waals surface area contributed by atoms with Gasteiger partial charge in [-0.3, -0.25) is 13.9 Å². The summed E-state index contributed by atoms with van der Waals surface area (Å²) in [6.07, 6.45) is 0.254. The van der Waals surface area contributed by atoms with Crippen molar-refractivity contribution < 1.29 is 18.0 Å². The first-order valence-electron chi connectivity index (χ1n) is 15.0. The van der Waals surface area contributed by atoms with E-state index in [1.807, 2.05) is 82.3 Å². The lowest BCUT2D eigenvalue weighted by atomic mass is 10.0. The Balaban J connectivity index is 1.81. The van der Waals surface area contributed by atoms with Gasteiger partial charge in [-0.1, -0.05) is 110 Å². The standard InChI is InChI=1S/C36H40ClN3O4S/c1-26(2)23-38-36(42)34(21-29-13-7-5-8-14-29)39(24-30-15-11-12-27(3)20-30)35(41)25-40(31-19-18-28(4)33(37)22-31)45(43,44)32-16-9-6-10-17-32/h5-20,22,26,34H,21,23-25H2,1-4H3,(H,38,42)/t34-/m0/s1. The molecule has 1 atom stereocenters. The summed E-state index contributed by atoms with van der Waals surface area (Å²) < 4.78 is 29.3. The zero-order chi connectivity index (χ0) is 32.6. The topological polar surface area (TPSA) is 86.8 Å².